The average Bonchev–Trinajstić information content (AvgIpc) is 3.16. The Labute approximate surface area is 158 Å². The van der Waals surface area contributed by atoms with Crippen molar-refractivity contribution in [2.45, 2.75) is 44.2 Å². The van der Waals surface area contributed by atoms with Crippen molar-refractivity contribution in [2.24, 2.45) is 0 Å². The van der Waals surface area contributed by atoms with Crippen LogP contribution in [0.5, 0.6) is 0 Å². The van der Waals surface area contributed by atoms with Crippen molar-refractivity contribution in [3.8, 4) is 0 Å². The molecule has 27 heavy (non-hydrogen) atoms. The standard InChI is InChI=1S/C21H24N4O2/c26-20(22-15-21(27)11-4-1-5-12-21)19-14-25(24-23-19)13-17-9-6-8-16-7-2-3-10-18(16)17/h2-3,6-10,14,27H,1,4-5,11-13,15H2,(H,22,26). The number of fused-ring (bicyclic) bond motifs is 1. The van der Waals surface area contributed by atoms with E-state index in [9.17, 15) is 9.90 Å². The molecule has 6 heteroatoms. The van der Waals surface area contributed by atoms with Crippen LogP contribution in [0.3, 0.4) is 0 Å². The summed E-state index contributed by atoms with van der Waals surface area (Å²) in [4.78, 5) is 12.4. The summed E-state index contributed by atoms with van der Waals surface area (Å²) in [6.45, 7) is 0.813. The lowest BCUT2D eigenvalue weighted by Gasteiger charge is -2.31. The maximum atomic E-state index is 12.4. The Morgan fingerprint density at radius 2 is 1.89 bits per heavy atom. The van der Waals surface area contributed by atoms with Gasteiger partial charge in [0.2, 0.25) is 0 Å². The summed E-state index contributed by atoms with van der Waals surface area (Å²) in [5, 5.41) is 23.8. The molecule has 1 heterocycles. The highest BCUT2D eigenvalue weighted by molar-refractivity contribution is 5.92. The molecule has 0 spiro atoms. The first-order chi connectivity index (χ1) is 13.1. The molecule has 1 aromatic heterocycles. The Bertz CT molecular complexity index is 939. The molecule has 1 saturated carbocycles. The summed E-state index contributed by atoms with van der Waals surface area (Å²) in [6.07, 6.45) is 6.30. The molecule has 0 saturated heterocycles. The molecule has 1 amide bonds. The van der Waals surface area contributed by atoms with Crippen LogP contribution in [0.25, 0.3) is 10.8 Å². The summed E-state index contributed by atoms with van der Waals surface area (Å²) >= 11 is 0. The van der Waals surface area contributed by atoms with E-state index in [2.05, 4.69) is 39.9 Å². The van der Waals surface area contributed by atoms with Gasteiger partial charge in [-0.1, -0.05) is 66.9 Å². The normalized spacial score (nSPS) is 16.3. The number of amides is 1. The number of nitrogens with zero attached hydrogens (tertiary/aromatic N) is 3. The molecule has 0 radical (unpaired) electrons. The summed E-state index contributed by atoms with van der Waals surface area (Å²) in [5.74, 6) is -0.293. The minimum Gasteiger partial charge on any atom is -0.388 e. The van der Waals surface area contributed by atoms with Crippen molar-refractivity contribution in [1.82, 2.24) is 20.3 Å². The van der Waals surface area contributed by atoms with Crippen molar-refractivity contribution in [3.05, 3.63) is 59.9 Å². The minimum atomic E-state index is -0.785. The van der Waals surface area contributed by atoms with Crippen molar-refractivity contribution in [3.63, 3.8) is 0 Å². The van der Waals surface area contributed by atoms with Crippen molar-refractivity contribution < 1.29 is 9.90 Å². The topological polar surface area (TPSA) is 80.0 Å². The lowest BCUT2D eigenvalue weighted by molar-refractivity contribution is 0.00521. The smallest absolute Gasteiger partial charge is 0.273 e. The second-order valence-electron chi connectivity index (χ2n) is 7.41. The fraction of sp³-hybridized carbons (Fsp3) is 0.381. The van der Waals surface area contributed by atoms with E-state index in [0.29, 0.717) is 6.54 Å². The first kappa shape index (κ1) is 17.7. The molecule has 0 unspecified atom stereocenters. The van der Waals surface area contributed by atoms with Crippen LogP contribution in [0.1, 0.15) is 48.2 Å². The van der Waals surface area contributed by atoms with E-state index >= 15 is 0 Å². The van der Waals surface area contributed by atoms with Gasteiger partial charge in [0.1, 0.15) is 0 Å². The molecule has 1 aliphatic carbocycles. The van der Waals surface area contributed by atoms with Gasteiger partial charge >= 0.3 is 0 Å². The molecular weight excluding hydrogens is 340 g/mol. The minimum absolute atomic E-state index is 0.266. The van der Waals surface area contributed by atoms with Gasteiger partial charge in [-0.2, -0.15) is 0 Å². The Hall–Kier alpha value is -2.73. The third-order valence-corrected chi connectivity index (χ3v) is 5.35. The van der Waals surface area contributed by atoms with Gasteiger partial charge in [-0.3, -0.25) is 4.79 Å². The van der Waals surface area contributed by atoms with Gasteiger partial charge in [-0.15, -0.1) is 5.10 Å². The number of carbonyl (C=O) groups is 1. The van der Waals surface area contributed by atoms with Crippen LogP contribution in [0.4, 0.5) is 0 Å². The van der Waals surface area contributed by atoms with Crippen LogP contribution in [-0.4, -0.2) is 38.2 Å². The van der Waals surface area contributed by atoms with Gasteiger partial charge in [-0.05, 0) is 29.2 Å². The highest BCUT2D eigenvalue weighted by Gasteiger charge is 2.29. The number of aliphatic hydroxyl groups is 1. The molecule has 3 aromatic rings. The summed E-state index contributed by atoms with van der Waals surface area (Å²) < 4.78 is 1.67. The molecular formula is C21H24N4O2. The zero-order valence-electron chi connectivity index (χ0n) is 15.3. The number of rotatable bonds is 5. The molecule has 0 bridgehead atoms. The Morgan fingerprint density at radius 1 is 1.11 bits per heavy atom. The summed E-state index contributed by atoms with van der Waals surface area (Å²) in [7, 11) is 0. The van der Waals surface area contributed by atoms with Gasteiger partial charge < -0.3 is 10.4 Å². The summed E-state index contributed by atoms with van der Waals surface area (Å²) in [5.41, 5.74) is 0.614. The number of hydrogen-bond acceptors (Lipinski definition) is 4. The van der Waals surface area contributed by atoms with E-state index in [1.54, 1.807) is 10.9 Å². The highest BCUT2D eigenvalue weighted by atomic mass is 16.3. The Kier molecular flexibility index (Phi) is 4.90. The zero-order chi connectivity index (χ0) is 18.7. The van der Waals surface area contributed by atoms with E-state index in [0.717, 1.165) is 37.7 Å². The van der Waals surface area contributed by atoms with Crippen LogP contribution in [0.2, 0.25) is 0 Å². The van der Waals surface area contributed by atoms with E-state index in [4.69, 9.17) is 0 Å². The number of carbonyl (C=O) groups excluding carboxylic acids is 1. The average molecular weight is 364 g/mol. The second-order valence-corrected chi connectivity index (χ2v) is 7.41. The number of aromatic nitrogens is 3. The molecule has 0 atom stereocenters. The number of benzene rings is 2. The highest BCUT2D eigenvalue weighted by Crippen LogP contribution is 2.27. The largest absolute Gasteiger partial charge is 0.388 e. The molecule has 4 rings (SSSR count). The molecule has 2 N–H and O–H groups in total. The molecule has 2 aromatic carbocycles. The van der Waals surface area contributed by atoms with Crippen molar-refractivity contribution in [2.75, 3.05) is 6.54 Å². The zero-order valence-corrected chi connectivity index (χ0v) is 15.3. The first-order valence-electron chi connectivity index (χ1n) is 9.50. The van der Waals surface area contributed by atoms with Gasteiger partial charge in [0, 0.05) is 6.54 Å². The third kappa shape index (κ3) is 4.01. The van der Waals surface area contributed by atoms with E-state index in [1.807, 2.05) is 18.2 Å². The van der Waals surface area contributed by atoms with Gasteiger partial charge in [0.25, 0.3) is 5.91 Å². The fourth-order valence-electron chi connectivity index (χ4n) is 3.81. The van der Waals surface area contributed by atoms with Gasteiger partial charge in [-0.25, -0.2) is 4.68 Å². The van der Waals surface area contributed by atoms with Crippen LogP contribution in [-0.2, 0) is 6.54 Å². The predicted molar refractivity (Wildman–Crippen MR) is 103 cm³/mol. The van der Waals surface area contributed by atoms with Crippen LogP contribution < -0.4 is 5.32 Å². The van der Waals surface area contributed by atoms with Crippen molar-refractivity contribution in [1.29, 1.82) is 0 Å². The van der Waals surface area contributed by atoms with Crippen LogP contribution >= 0.6 is 0 Å². The maximum absolute atomic E-state index is 12.4. The molecule has 0 aliphatic heterocycles. The first-order valence-corrected chi connectivity index (χ1v) is 9.50. The lowest BCUT2D eigenvalue weighted by atomic mass is 9.85. The van der Waals surface area contributed by atoms with Crippen molar-refractivity contribution >= 4 is 16.7 Å². The van der Waals surface area contributed by atoms with Crippen LogP contribution in [0, 0.1) is 0 Å². The summed E-state index contributed by atoms with van der Waals surface area (Å²) in [6, 6.07) is 14.4. The fourth-order valence-corrected chi connectivity index (χ4v) is 3.81. The SMILES string of the molecule is O=C(NCC1(O)CCCCC1)c1cn(Cc2cccc3ccccc23)nn1. The Morgan fingerprint density at radius 3 is 2.74 bits per heavy atom. The monoisotopic (exact) mass is 364 g/mol. The third-order valence-electron chi connectivity index (χ3n) is 5.35. The Balaban J connectivity index is 1.43. The van der Waals surface area contributed by atoms with Crippen LogP contribution in [0.15, 0.2) is 48.7 Å². The number of nitrogens with one attached hydrogen (secondary N) is 1. The lowest BCUT2D eigenvalue weighted by Crippen LogP contribution is -2.44. The molecule has 140 valence electrons. The predicted octanol–water partition coefficient (Wildman–Crippen LogP) is 2.90. The van der Waals surface area contributed by atoms with E-state index in [1.165, 1.54) is 10.8 Å². The van der Waals surface area contributed by atoms with Gasteiger partial charge in [0.05, 0.1) is 18.3 Å². The maximum Gasteiger partial charge on any atom is 0.273 e. The molecule has 6 nitrogen and oxygen atoms in total. The molecule has 1 aliphatic rings. The quantitative estimate of drug-likeness (QED) is 0.729. The molecule has 1 fully saturated rings. The number of hydrogen-bond donors (Lipinski definition) is 2. The van der Waals surface area contributed by atoms with E-state index < -0.39 is 5.60 Å². The van der Waals surface area contributed by atoms with E-state index in [-0.39, 0.29) is 18.1 Å². The second kappa shape index (κ2) is 7.48. The van der Waals surface area contributed by atoms with Gasteiger partial charge in [0.15, 0.2) is 5.69 Å².